The number of carbonyl (C=O) groups is 1. The summed E-state index contributed by atoms with van der Waals surface area (Å²) < 4.78 is 5.36. The quantitative estimate of drug-likeness (QED) is 0.840. The fourth-order valence-electron chi connectivity index (χ4n) is 3.92. The van der Waals surface area contributed by atoms with Crippen molar-refractivity contribution >= 4 is 6.09 Å². The zero-order valence-electron chi connectivity index (χ0n) is 13.9. The SMILES string of the molecule is CC(C)(C)OC(=O)NCC1CCNCCC1C1CCCC1. The van der Waals surface area contributed by atoms with Gasteiger partial charge in [0.25, 0.3) is 0 Å². The first-order valence-corrected chi connectivity index (χ1v) is 8.63. The standard InChI is InChI=1S/C17H32N2O2/c1-17(2,3)21-16(20)19-12-14-8-10-18-11-9-15(14)13-6-4-5-7-13/h13-15,18H,4-12H2,1-3H3,(H,19,20). The molecular formula is C17H32N2O2. The van der Waals surface area contributed by atoms with Crippen molar-refractivity contribution in [2.75, 3.05) is 19.6 Å². The highest BCUT2D eigenvalue weighted by Gasteiger charge is 2.32. The number of hydrogen-bond acceptors (Lipinski definition) is 3. The Labute approximate surface area is 129 Å². The molecule has 2 unspecified atom stereocenters. The molecule has 1 aliphatic heterocycles. The molecule has 1 amide bonds. The Morgan fingerprint density at radius 2 is 1.81 bits per heavy atom. The van der Waals surface area contributed by atoms with Gasteiger partial charge in [-0.1, -0.05) is 25.7 Å². The summed E-state index contributed by atoms with van der Waals surface area (Å²) in [6.07, 6.45) is 7.69. The zero-order valence-corrected chi connectivity index (χ0v) is 13.9. The molecule has 2 aliphatic rings. The second-order valence-corrected chi connectivity index (χ2v) is 7.68. The molecule has 21 heavy (non-hydrogen) atoms. The summed E-state index contributed by atoms with van der Waals surface area (Å²) in [5.41, 5.74) is -0.417. The van der Waals surface area contributed by atoms with Crippen molar-refractivity contribution in [3.63, 3.8) is 0 Å². The van der Waals surface area contributed by atoms with Gasteiger partial charge in [-0.05, 0) is 64.5 Å². The van der Waals surface area contributed by atoms with Crippen LogP contribution in [0, 0.1) is 17.8 Å². The second-order valence-electron chi connectivity index (χ2n) is 7.68. The third-order valence-corrected chi connectivity index (χ3v) is 4.86. The van der Waals surface area contributed by atoms with Crippen molar-refractivity contribution in [1.82, 2.24) is 10.6 Å². The maximum Gasteiger partial charge on any atom is 0.407 e. The minimum absolute atomic E-state index is 0.273. The average Bonchev–Trinajstić information content (AvgIpc) is 2.80. The highest BCUT2D eigenvalue weighted by Crippen LogP contribution is 2.38. The Balaban J connectivity index is 1.86. The molecule has 0 radical (unpaired) electrons. The number of amides is 1. The van der Waals surface area contributed by atoms with Crippen molar-refractivity contribution in [3.05, 3.63) is 0 Å². The van der Waals surface area contributed by atoms with Gasteiger partial charge in [-0.3, -0.25) is 0 Å². The number of carbonyl (C=O) groups excluding carboxylic acids is 1. The van der Waals surface area contributed by atoms with E-state index in [1.165, 1.54) is 32.1 Å². The molecule has 2 rings (SSSR count). The zero-order chi connectivity index (χ0) is 15.3. The van der Waals surface area contributed by atoms with E-state index in [0.717, 1.165) is 37.9 Å². The molecule has 0 spiro atoms. The van der Waals surface area contributed by atoms with Crippen LogP contribution in [-0.4, -0.2) is 31.3 Å². The van der Waals surface area contributed by atoms with Gasteiger partial charge in [0.15, 0.2) is 0 Å². The highest BCUT2D eigenvalue weighted by molar-refractivity contribution is 5.67. The predicted molar refractivity (Wildman–Crippen MR) is 85.3 cm³/mol. The fourth-order valence-corrected chi connectivity index (χ4v) is 3.92. The molecule has 0 aromatic rings. The fraction of sp³-hybridized carbons (Fsp3) is 0.941. The van der Waals surface area contributed by atoms with Crippen LogP contribution in [0.15, 0.2) is 0 Å². The summed E-state index contributed by atoms with van der Waals surface area (Å²) in [4.78, 5) is 11.9. The molecule has 4 heteroatoms. The monoisotopic (exact) mass is 296 g/mol. The molecule has 0 aromatic carbocycles. The Bertz CT molecular complexity index is 332. The van der Waals surface area contributed by atoms with Crippen molar-refractivity contribution in [2.45, 2.75) is 64.9 Å². The van der Waals surface area contributed by atoms with Crippen LogP contribution in [0.3, 0.4) is 0 Å². The van der Waals surface area contributed by atoms with Crippen molar-refractivity contribution in [1.29, 1.82) is 0 Å². The molecule has 2 N–H and O–H groups in total. The summed E-state index contributed by atoms with van der Waals surface area (Å²) in [6, 6.07) is 0. The summed E-state index contributed by atoms with van der Waals surface area (Å²) >= 11 is 0. The van der Waals surface area contributed by atoms with Gasteiger partial charge in [0.05, 0.1) is 0 Å². The van der Waals surface area contributed by atoms with Gasteiger partial charge in [0.1, 0.15) is 5.60 Å². The molecule has 0 bridgehead atoms. The molecule has 1 saturated heterocycles. The van der Waals surface area contributed by atoms with E-state index in [0.29, 0.717) is 5.92 Å². The van der Waals surface area contributed by atoms with Crippen LogP contribution in [0.2, 0.25) is 0 Å². The van der Waals surface area contributed by atoms with Gasteiger partial charge in [-0.25, -0.2) is 4.79 Å². The largest absolute Gasteiger partial charge is 0.444 e. The van der Waals surface area contributed by atoms with Crippen LogP contribution in [-0.2, 0) is 4.74 Å². The predicted octanol–water partition coefficient (Wildman–Crippen LogP) is 3.32. The Morgan fingerprint density at radius 3 is 2.48 bits per heavy atom. The Hall–Kier alpha value is -0.770. The van der Waals surface area contributed by atoms with E-state index in [-0.39, 0.29) is 6.09 Å². The smallest absolute Gasteiger partial charge is 0.407 e. The maximum atomic E-state index is 11.9. The number of hydrogen-bond donors (Lipinski definition) is 2. The number of rotatable bonds is 3. The van der Waals surface area contributed by atoms with E-state index >= 15 is 0 Å². The first kappa shape index (κ1) is 16.6. The minimum Gasteiger partial charge on any atom is -0.444 e. The highest BCUT2D eigenvalue weighted by atomic mass is 16.6. The molecule has 1 heterocycles. The lowest BCUT2D eigenvalue weighted by Crippen LogP contribution is -2.38. The first-order valence-electron chi connectivity index (χ1n) is 8.63. The summed E-state index contributed by atoms with van der Waals surface area (Å²) in [7, 11) is 0. The lowest BCUT2D eigenvalue weighted by Gasteiger charge is -2.30. The molecule has 2 fully saturated rings. The van der Waals surface area contributed by atoms with E-state index in [4.69, 9.17) is 4.74 Å². The van der Waals surface area contributed by atoms with E-state index in [9.17, 15) is 4.79 Å². The molecule has 4 nitrogen and oxygen atoms in total. The lowest BCUT2D eigenvalue weighted by atomic mass is 9.77. The number of alkyl carbamates (subject to hydrolysis) is 1. The lowest BCUT2D eigenvalue weighted by molar-refractivity contribution is 0.0506. The Morgan fingerprint density at radius 1 is 1.14 bits per heavy atom. The van der Waals surface area contributed by atoms with Crippen LogP contribution in [0.25, 0.3) is 0 Å². The maximum absolute atomic E-state index is 11.9. The van der Waals surface area contributed by atoms with E-state index in [1.807, 2.05) is 20.8 Å². The van der Waals surface area contributed by atoms with Gasteiger partial charge in [-0.15, -0.1) is 0 Å². The van der Waals surface area contributed by atoms with E-state index < -0.39 is 5.60 Å². The van der Waals surface area contributed by atoms with Crippen LogP contribution in [0.4, 0.5) is 4.79 Å². The van der Waals surface area contributed by atoms with Crippen LogP contribution >= 0.6 is 0 Å². The van der Waals surface area contributed by atoms with Gasteiger partial charge in [0.2, 0.25) is 0 Å². The van der Waals surface area contributed by atoms with Gasteiger partial charge >= 0.3 is 6.09 Å². The second kappa shape index (κ2) is 7.48. The van der Waals surface area contributed by atoms with Gasteiger partial charge < -0.3 is 15.4 Å². The first-order chi connectivity index (χ1) is 9.96. The van der Waals surface area contributed by atoms with Crippen molar-refractivity contribution < 1.29 is 9.53 Å². The summed E-state index contributed by atoms with van der Waals surface area (Å²) in [6.45, 7) is 8.68. The summed E-state index contributed by atoms with van der Waals surface area (Å²) in [5, 5.41) is 6.51. The molecule has 122 valence electrons. The molecule has 0 aromatic heterocycles. The van der Waals surface area contributed by atoms with Crippen LogP contribution < -0.4 is 10.6 Å². The molecule has 1 saturated carbocycles. The van der Waals surface area contributed by atoms with Crippen molar-refractivity contribution in [3.8, 4) is 0 Å². The Kier molecular flexibility index (Phi) is 5.91. The molecule has 2 atom stereocenters. The number of ether oxygens (including phenoxy) is 1. The third kappa shape index (κ3) is 5.50. The average molecular weight is 296 g/mol. The van der Waals surface area contributed by atoms with Gasteiger partial charge in [0, 0.05) is 6.54 Å². The van der Waals surface area contributed by atoms with Gasteiger partial charge in [-0.2, -0.15) is 0 Å². The third-order valence-electron chi connectivity index (χ3n) is 4.86. The molecular weight excluding hydrogens is 264 g/mol. The van der Waals surface area contributed by atoms with Crippen molar-refractivity contribution in [2.24, 2.45) is 17.8 Å². The minimum atomic E-state index is -0.417. The normalized spacial score (nSPS) is 28.1. The topological polar surface area (TPSA) is 50.4 Å². The van der Waals surface area contributed by atoms with E-state index in [2.05, 4.69) is 10.6 Å². The van der Waals surface area contributed by atoms with Crippen LogP contribution in [0.5, 0.6) is 0 Å². The molecule has 1 aliphatic carbocycles. The number of nitrogens with one attached hydrogen (secondary N) is 2. The van der Waals surface area contributed by atoms with Crippen LogP contribution in [0.1, 0.15) is 59.3 Å². The van der Waals surface area contributed by atoms with E-state index in [1.54, 1.807) is 0 Å². The summed E-state index contributed by atoms with van der Waals surface area (Å²) in [5.74, 6) is 2.23.